The number of hydrogen-bond donors (Lipinski definition) is 0. The molecule has 0 bridgehead atoms. The third kappa shape index (κ3) is 2.63. The van der Waals surface area contributed by atoms with E-state index in [0.29, 0.717) is 0 Å². The summed E-state index contributed by atoms with van der Waals surface area (Å²) < 4.78 is 5.69. The van der Waals surface area contributed by atoms with Gasteiger partial charge in [0, 0.05) is 0 Å². The Hall–Kier alpha value is -0.690. The van der Waals surface area contributed by atoms with Gasteiger partial charge in [-0.15, -0.1) is 11.6 Å². The van der Waals surface area contributed by atoms with Crippen LogP contribution in [0.25, 0.3) is 0 Å². The van der Waals surface area contributed by atoms with Crippen LogP contribution in [-0.2, 0) is 6.42 Å². The molecule has 2 heteroatoms. The van der Waals surface area contributed by atoms with Gasteiger partial charge in [-0.05, 0) is 48.3 Å². The molecule has 1 nitrogen and oxygen atoms in total. The summed E-state index contributed by atoms with van der Waals surface area (Å²) in [6.45, 7) is 3.22. The molecule has 1 aromatic carbocycles. The molecule has 0 radical (unpaired) electrons. The van der Waals surface area contributed by atoms with Crippen LogP contribution in [0, 0.1) is 5.41 Å². The minimum Gasteiger partial charge on any atom is -0.493 e. The van der Waals surface area contributed by atoms with Crippen molar-refractivity contribution >= 4 is 11.6 Å². The summed E-state index contributed by atoms with van der Waals surface area (Å²) in [6, 6.07) is 6.57. The fraction of sp³-hybridized carbons (Fsp3) is 0.647. The number of fused-ring (bicyclic) bond motifs is 1. The number of ether oxygens (including phenoxy) is 1. The van der Waals surface area contributed by atoms with E-state index in [9.17, 15) is 0 Å². The van der Waals surface area contributed by atoms with Crippen LogP contribution in [0.2, 0.25) is 0 Å². The average molecular weight is 279 g/mol. The van der Waals surface area contributed by atoms with E-state index in [1.165, 1.54) is 43.2 Å². The lowest BCUT2D eigenvalue weighted by molar-refractivity contribution is 0.206. The van der Waals surface area contributed by atoms with Gasteiger partial charge < -0.3 is 4.74 Å². The van der Waals surface area contributed by atoms with E-state index >= 15 is 0 Å². The van der Waals surface area contributed by atoms with E-state index in [1.54, 1.807) is 0 Å². The van der Waals surface area contributed by atoms with Crippen molar-refractivity contribution in [2.75, 3.05) is 6.61 Å². The molecule has 0 aromatic heterocycles. The van der Waals surface area contributed by atoms with Crippen LogP contribution < -0.4 is 4.74 Å². The first-order valence-corrected chi connectivity index (χ1v) is 8.02. The first-order valence-electron chi connectivity index (χ1n) is 7.59. The topological polar surface area (TPSA) is 9.23 Å². The van der Waals surface area contributed by atoms with E-state index < -0.39 is 0 Å². The third-order valence-electron chi connectivity index (χ3n) is 4.83. The number of alkyl halides is 1. The van der Waals surface area contributed by atoms with Crippen LogP contribution in [0.4, 0.5) is 0 Å². The predicted octanol–water partition coefficient (Wildman–Crippen LogP) is 5.26. The van der Waals surface area contributed by atoms with E-state index in [0.717, 1.165) is 25.2 Å². The first kappa shape index (κ1) is 13.3. The average Bonchev–Trinajstić information content (AvgIpc) is 2.47. The third-order valence-corrected chi connectivity index (χ3v) is 5.61. The van der Waals surface area contributed by atoms with Gasteiger partial charge in [-0.25, -0.2) is 0 Å². The Bertz CT molecular complexity index is 449. The molecule has 1 aliphatic carbocycles. The summed E-state index contributed by atoms with van der Waals surface area (Å²) in [6.07, 6.45) is 8.80. The summed E-state index contributed by atoms with van der Waals surface area (Å²) in [5.41, 5.74) is 2.90. The van der Waals surface area contributed by atoms with Crippen LogP contribution in [0.5, 0.6) is 5.75 Å². The van der Waals surface area contributed by atoms with Gasteiger partial charge in [0.1, 0.15) is 5.75 Å². The second-order valence-electron chi connectivity index (χ2n) is 6.40. The summed E-state index contributed by atoms with van der Waals surface area (Å²) in [5.74, 6) is 1.06. The van der Waals surface area contributed by atoms with E-state index in [2.05, 4.69) is 25.1 Å². The maximum absolute atomic E-state index is 6.83. The molecule has 2 aliphatic rings. The number of benzene rings is 1. The number of hydrogen-bond acceptors (Lipinski definition) is 1. The molecule has 1 heterocycles. The Labute approximate surface area is 121 Å². The Morgan fingerprint density at radius 2 is 1.95 bits per heavy atom. The van der Waals surface area contributed by atoms with Crippen molar-refractivity contribution in [3.63, 3.8) is 0 Å². The number of rotatable bonds is 2. The molecule has 1 aromatic rings. The fourth-order valence-corrected chi connectivity index (χ4v) is 3.91. The zero-order valence-electron chi connectivity index (χ0n) is 11.8. The van der Waals surface area contributed by atoms with Gasteiger partial charge >= 0.3 is 0 Å². The van der Waals surface area contributed by atoms with Gasteiger partial charge in [0.15, 0.2) is 0 Å². The van der Waals surface area contributed by atoms with E-state index in [-0.39, 0.29) is 10.8 Å². The normalized spacial score (nSPS) is 23.3. The molecular weight excluding hydrogens is 256 g/mol. The Morgan fingerprint density at radius 1 is 1.16 bits per heavy atom. The molecule has 0 spiro atoms. The zero-order valence-corrected chi connectivity index (χ0v) is 12.5. The van der Waals surface area contributed by atoms with Gasteiger partial charge in [-0.2, -0.15) is 0 Å². The second-order valence-corrected chi connectivity index (χ2v) is 6.83. The molecule has 19 heavy (non-hydrogen) atoms. The van der Waals surface area contributed by atoms with Gasteiger partial charge in [0.25, 0.3) is 0 Å². The predicted molar refractivity (Wildman–Crippen MR) is 80.0 cm³/mol. The monoisotopic (exact) mass is 278 g/mol. The molecule has 0 amide bonds. The molecule has 104 valence electrons. The summed E-state index contributed by atoms with van der Waals surface area (Å²) in [5, 5.41) is 0.139. The summed E-state index contributed by atoms with van der Waals surface area (Å²) in [7, 11) is 0. The van der Waals surface area contributed by atoms with E-state index in [1.807, 2.05) is 0 Å². The molecule has 0 saturated heterocycles. The summed E-state index contributed by atoms with van der Waals surface area (Å²) >= 11 is 6.83. The van der Waals surface area contributed by atoms with Gasteiger partial charge in [0.05, 0.1) is 12.0 Å². The lowest BCUT2D eigenvalue weighted by Crippen LogP contribution is -2.25. The van der Waals surface area contributed by atoms with Crippen molar-refractivity contribution in [3.05, 3.63) is 29.3 Å². The highest BCUT2D eigenvalue weighted by Gasteiger charge is 2.35. The Balaban J connectivity index is 1.84. The van der Waals surface area contributed by atoms with E-state index in [4.69, 9.17) is 16.3 Å². The van der Waals surface area contributed by atoms with Crippen LogP contribution >= 0.6 is 11.6 Å². The highest BCUT2D eigenvalue weighted by molar-refractivity contribution is 6.21. The number of halogens is 1. The molecule has 1 saturated carbocycles. The lowest BCUT2D eigenvalue weighted by Gasteiger charge is -2.38. The second kappa shape index (κ2) is 5.36. The first-order chi connectivity index (χ1) is 9.19. The maximum Gasteiger partial charge on any atom is 0.122 e. The van der Waals surface area contributed by atoms with Crippen molar-refractivity contribution in [1.82, 2.24) is 0 Å². The zero-order chi connectivity index (χ0) is 13.3. The standard InChI is InChI=1S/C17H23ClO/c1-17(9-3-2-4-10-17)16(18)14-7-8-15-13(12-14)6-5-11-19-15/h7-8,12,16H,2-6,9-11H2,1H3. The van der Waals surface area contributed by atoms with Crippen LogP contribution in [0.15, 0.2) is 18.2 Å². The SMILES string of the molecule is CC1(C(Cl)c2ccc3c(c2)CCCO3)CCCCC1. The molecule has 1 atom stereocenters. The van der Waals surface area contributed by atoms with Crippen molar-refractivity contribution in [2.24, 2.45) is 5.41 Å². The van der Waals surface area contributed by atoms with Crippen molar-refractivity contribution < 1.29 is 4.74 Å². The largest absolute Gasteiger partial charge is 0.493 e. The van der Waals surface area contributed by atoms with Crippen LogP contribution in [-0.4, -0.2) is 6.61 Å². The molecule has 3 rings (SSSR count). The van der Waals surface area contributed by atoms with Crippen molar-refractivity contribution in [2.45, 2.75) is 57.2 Å². The molecule has 0 N–H and O–H groups in total. The smallest absolute Gasteiger partial charge is 0.122 e. The number of aryl methyl sites for hydroxylation is 1. The molecule has 1 unspecified atom stereocenters. The minimum atomic E-state index is 0.139. The fourth-order valence-electron chi connectivity index (χ4n) is 3.55. The van der Waals surface area contributed by atoms with Crippen LogP contribution in [0.1, 0.15) is 62.0 Å². The lowest BCUT2D eigenvalue weighted by atomic mass is 9.71. The molecular formula is C17H23ClO. The molecule has 1 aliphatic heterocycles. The molecule has 1 fully saturated rings. The Kier molecular flexibility index (Phi) is 3.75. The highest BCUT2D eigenvalue weighted by atomic mass is 35.5. The van der Waals surface area contributed by atoms with Crippen molar-refractivity contribution in [3.8, 4) is 5.75 Å². The quantitative estimate of drug-likeness (QED) is 0.670. The minimum absolute atomic E-state index is 0.139. The van der Waals surface area contributed by atoms with Gasteiger partial charge in [0.2, 0.25) is 0 Å². The van der Waals surface area contributed by atoms with Gasteiger partial charge in [-0.1, -0.05) is 38.3 Å². The summed E-state index contributed by atoms with van der Waals surface area (Å²) in [4.78, 5) is 0. The van der Waals surface area contributed by atoms with Crippen LogP contribution in [0.3, 0.4) is 0 Å². The highest BCUT2D eigenvalue weighted by Crippen LogP contribution is 2.49. The van der Waals surface area contributed by atoms with Gasteiger partial charge in [-0.3, -0.25) is 0 Å². The maximum atomic E-state index is 6.83. The van der Waals surface area contributed by atoms with Crippen molar-refractivity contribution in [1.29, 1.82) is 0 Å². The Morgan fingerprint density at radius 3 is 2.74 bits per heavy atom.